The molecule has 4 heteroatoms. The van der Waals surface area contributed by atoms with E-state index in [9.17, 15) is 0 Å². The van der Waals surface area contributed by atoms with Crippen LogP contribution in [0, 0.1) is 11.3 Å². The zero-order valence-corrected chi connectivity index (χ0v) is 6.78. The van der Waals surface area contributed by atoms with E-state index in [0.29, 0.717) is 10.7 Å². The Morgan fingerprint density at radius 1 is 1.58 bits per heavy atom. The number of nitrogens with zero attached hydrogens (tertiary/aromatic N) is 3. The van der Waals surface area contributed by atoms with Gasteiger partial charge >= 0.3 is 0 Å². The number of fused-ring (bicyclic) bond motifs is 1. The van der Waals surface area contributed by atoms with Gasteiger partial charge in [-0.1, -0.05) is 11.6 Å². The second-order valence-electron chi connectivity index (χ2n) is 2.32. The monoisotopic (exact) mass is 177 g/mol. The van der Waals surface area contributed by atoms with E-state index in [-0.39, 0.29) is 0 Å². The van der Waals surface area contributed by atoms with Gasteiger partial charge in [0.2, 0.25) is 0 Å². The fourth-order valence-electron chi connectivity index (χ4n) is 1.10. The van der Waals surface area contributed by atoms with Crippen LogP contribution in [-0.4, -0.2) is 9.38 Å². The Morgan fingerprint density at radius 3 is 3.17 bits per heavy atom. The summed E-state index contributed by atoms with van der Waals surface area (Å²) in [5, 5.41) is 9.27. The number of aromatic nitrogens is 2. The maximum absolute atomic E-state index is 8.69. The molecule has 0 amide bonds. The highest BCUT2D eigenvalue weighted by Gasteiger charge is 2.04. The molecule has 0 spiro atoms. The minimum atomic E-state index is 0.503. The molecule has 0 atom stereocenters. The van der Waals surface area contributed by atoms with Crippen molar-refractivity contribution in [3.05, 3.63) is 35.4 Å². The first kappa shape index (κ1) is 7.14. The fraction of sp³-hybridized carbons (Fsp3) is 0. The molecule has 0 radical (unpaired) electrons. The van der Waals surface area contributed by atoms with E-state index < -0.39 is 0 Å². The molecule has 0 saturated carbocycles. The predicted octanol–water partition coefficient (Wildman–Crippen LogP) is 1.86. The van der Waals surface area contributed by atoms with Gasteiger partial charge in [-0.15, -0.1) is 0 Å². The third kappa shape index (κ3) is 0.858. The molecule has 0 aromatic carbocycles. The van der Waals surface area contributed by atoms with Crippen LogP contribution in [0.4, 0.5) is 0 Å². The second-order valence-corrected chi connectivity index (χ2v) is 2.73. The smallest absolute Gasteiger partial charge is 0.127 e. The maximum atomic E-state index is 8.69. The Bertz CT molecular complexity index is 467. The van der Waals surface area contributed by atoms with Crippen molar-refractivity contribution in [2.75, 3.05) is 0 Å². The standard InChI is InChI=1S/C8H4ClN3/c9-7-3-6(4-10)12-5-11-2-1-8(7)12/h1-3,5H. The van der Waals surface area contributed by atoms with E-state index in [0.717, 1.165) is 5.52 Å². The van der Waals surface area contributed by atoms with Crippen LogP contribution in [-0.2, 0) is 0 Å². The molecule has 0 aliphatic rings. The van der Waals surface area contributed by atoms with Gasteiger partial charge in [0.1, 0.15) is 18.1 Å². The van der Waals surface area contributed by atoms with E-state index in [2.05, 4.69) is 4.98 Å². The first-order chi connectivity index (χ1) is 5.83. The minimum absolute atomic E-state index is 0.503. The van der Waals surface area contributed by atoms with Gasteiger partial charge in [0.05, 0.1) is 10.5 Å². The van der Waals surface area contributed by atoms with Crippen molar-refractivity contribution in [2.24, 2.45) is 0 Å². The van der Waals surface area contributed by atoms with Crippen LogP contribution in [0.25, 0.3) is 5.52 Å². The minimum Gasteiger partial charge on any atom is -0.290 e. The molecule has 0 saturated heterocycles. The van der Waals surface area contributed by atoms with E-state index >= 15 is 0 Å². The topological polar surface area (TPSA) is 41.1 Å². The fourth-order valence-corrected chi connectivity index (χ4v) is 1.35. The van der Waals surface area contributed by atoms with Gasteiger partial charge in [-0.2, -0.15) is 5.26 Å². The van der Waals surface area contributed by atoms with Crippen molar-refractivity contribution in [1.82, 2.24) is 9.38 Å². The first-order valence-electron chi connectivity index (χ1n) is 3.33. The lowest BCUT2D eigenvalue weighted by Gasteiger charge is -1.92. The molecule has 2 aromatic rings. The summed E-state index contributed by atoms with van der Waals surface area (Å²) in [6.07, 6.45) is 3.21. The lowest BCUT2D eigenvalue weighted by molar-refractivity contribution is 1.07. The van der Waals surface area contributed by atoms with Crippen molar-refractivity contribution in [3.63, 3.8) is 0 Å². The van der Waals surface area contributed by atoms with Gasteiger partial charge in [-0.05, 0) is 12.1 Å². The number of rotatable bonds is 0. The summed E-state index contributed by atoms with van der Waals surface area (Å²) < 4.78 is 1.66. The third-order valence-corrected chi connectivity index (χ3v) is 1.95. The lowest BCUT2D eigenvalue weighted by atomic mass is 10.4. The second kappa shape index (κ2) is 2.50. The number of nitriles is 1. The van der Waals surface area contributed by atoms with Crippen molar-refractivity contribution in [1.29, 1.82) is 5.26 Å². The van der Waals surface area contributed by atoms with Crippen molar-refractivity contribution >= 4 is 17.1 Å². The number of hydrogen-bond acceptors (Lipinski definition) is 2. The average Bonchev–Trinajstić information content (AvgIpc) is 2.44. The van der Waals surface area contributed by atoms with Gasteiger partial charge in [0.15, 0.2) is 0 Å². The molecule has 0 aliphatic heterocycles. The summed E-state index contributed by atoms with van der Waals surface area (Å²) in [5.74, 6) is 0. The zero-order chi connectivity index (χ0) is 8.55. The van der Waals surface area contributed by atoms with Crippen molar-refractivity contribution in [2.45, 2.75) is 0 Å². The van der Waals surface area contributed by atoms with E-state index in [1.54, 1.807) is 29.1 Å². The molecule has 0 aliphatic carbocycles. The maximum Gasteiger partial charge on any atom is 0.127 e. The summed E-state index contributed by atoms with van der Waals surface area (Å²) in [6.45, 7) is 0. The third-order valence-electron chi connectivity index (χ3n) is 1.64. The Kier molecular flexibility index (Phi) is 1.49. The highest BCUT2D eigenvalue weighted by Crippen LogP contribution is 2.20. The summed E-state index contributed by atoms with van der Waals surface area (Å²) in [7, 11) is 0. The van der Waals surface area contributed by atoms with Crippen LogP contribution in [0.1, 0.15) is 5.69 Å². The molecule has 2 heterocycles. The summed E-state index contributed by atoms with van der Waals surface area (Å²) in [5.41, 5.74) is 1.31. The van der Waals surface area contributed by atoms with Gasteiger partial charge < -0.3 is 0 Å². The molecule has 12 heavy (non-hydrogen) atoms. The Morgan fingerprint density at radius 2 is 2.42 bits per heavy atom. The van der Waals surface area contributed by atoms with Gasteiger partial charge in [0, 0.05) is 6.20 Å². The highest BCUT2D eigenvalue weighted by atomic mass is 35.5. The normalized spacial score (nSPS) is 10.0. The van der Waals surface area contributed by atoms with Crippen LogP contribution in [0.3, 0.4) is 0 Å². The molecule has 0 bridgehead atoms. The largest absolute Gasteiger partial charge is 0.290 e. The van der Waals surface area contributed by atoms with Crippen molar-refractivity contribution < 1.29 is 0 Å². The first-order valence-corrected chi connectivity index (χ1v) is 3.71. The molecule has 0 unspecified atom stereocenters. The van der Waals surface area contributed by atoms with E-state index in [1.807, 2.05) is 6.07 Å². The van der Waals surface area contributed by atoms with Gasteiger partial charge in [-0.25, -0.2) is 4.98 Å². The van der Waals surface area contributed by atoms with Crippen LogP contribution < -0.4 is 0 Å². The van der Waals surface area contributed by atoms with Crippen LogP contribution in [0.5, 0.6) is 0 Å². The molecule has 3 nitrogen and oxygen atoms in total. The molecule has 0 N–H and O–H groups in total. The Balaban J connectivity index is 2.94. The highest BCUT2D eigenvalue weighted by molar-refractivity contribution is 6.34. The van der Waals surface area contributed by atoms with Gasteiger partial charge in [-0.3, -0.25) is 4.40 Å². The van der Waals surface area contributed by atoms with Gasteiger partial charge in [0.25, 0.3) is 0 Å². The van der Waals surface area contributed by atoms with Crippen molar-refractivity contribution in [3.8, 4) is 6.07 Å². The molecule has 2 aromatic heterocycles. The van der Waals surface area contributed by atoms with E-state index in [1.165, 1.54) is 0 Å². The molecular weight excluding hydrogens is 174 g/mol. The number of hydrogen-bond donors (Lipinski definition) is 0. The van der Waals surface area contributed by atoms with Crippen LogP contribution in [0.15, 0.2) is 24.7 Å². The summed E-state index contributed by atoms with van der Waals surface area (Å²) in [6, 6.07) is 5.42. The molecule has 2 rings (SSSR count). The van der Waals surface area contributed by atoms with Crippen LogP contribution >= 0.6 is 11.6 Å². The molecular formula is C8H4ClN3. The van der Waals surface area contributed by atoms with Crippen LogP contribution in [0.2, 0.25) is 5.02 Å². The number of halogens is 1. The average molecular weight is 178 g/mol. The lowest BCUT2D eigenvalue weighted by Crippen LogP contribution is -1.87. The Labute approximate surface area is 73.8 Å². The molecule has 0 fully saturated rings. The quantitative estimate of drug-likeness (QED) is 0.616. The zero-order valence-electron chi connectivity index (χ0n) is 6.03. The summed E-state index contributed by atoms with van der Waals surface area (Å²) in [4.78, 5) is 3.89. The Hall–Kier alpha value is -1.53. The predicted molar refractivity (Wildman–Crippen MR) is 44.9 cm³/mol. The molecule has 58 valence electrons. The summed E-state index contributed by atoms with van der Waals surface area (Å²) >= 11 is 5.86. The SMILES string of the molecule is N#Cc1cc(Cl)c2ccncn12. The van der Waals surface area contributed by atoms with E-state index in [4.69, 9.17) is 16.9 Å².